The van der Waals surface area contributed by atoms with E-state index in [2.05, 4.69) is 10.0 Å². The van der Waals surface area contributed by atoms with E-state index >= 15 is 0 Å². The minimum atomic E-state index is -0.607. The van der Waals surface area contributed by atoms with Crippen LogP contribution in [0.25, 0.3) is 10.4 Å². The first-order chi connectivity index (χ1) is 9.53. The molecular weight excluding hydrogens is 270 g/mol. The van der Waals surface area contributed by atoms with Crippen molar-refractivity contribution in [2.45, 2.75) is 25.8 Å². The van der Waals surface area contributed by atoms with Crippen LogP contribution in [0.15, 0.2) is 46.9 Å². The van der Waals surface area contributed by atoms with Gasteiger partial charge in [0.2, 0.25) is 0 Å². The van der Waals surface area contributed by atoms with Crippen LogP contribution in [0, 0.1) is 0 Å². The summed E-state index contributed by atoms with van der Waals surface area (Å²) in [6, 6.07) is 11.2. The van der Waals surface area contributed by atoms with E-state index in [0.29, 0.717) is 12.0 Å². The van der Waals surface area contributed by atoms with Crippen LogP contribution in [0.2, 0.25) is 0 Å². The van der Waals surface area contributed by atoms with Gasteiger partial charge in [-0.3, -0.25) is 4.79 Å². The first kappa shape index (κ1) is 14.3. The molecule has 0 spiro atoms. The number of carbonyl (C=O) groups is 1. The summed E-state index contributed by atoms with van der Waals surface area (Å²) in [6.07, 6.45) is 0.427. The van der Waals surface area contributed by atoms with Gasteiger partial charge >= 0.3 is 0 Å². The van der Waals surface area contributed by atoms with Crippen LogP contribution in [0.4, 0.5) is 0 Å². The number of benzene rings is 1. The smallest absolute Gasteiger partial charge is 0.168 e. The predicted molar refractivity (Wildman–Crippen MR) is 81.0 cm³/mol. The van der Waals surface area contributed by atoms with Crippen LogP contribution in [-0.4, -0.2) is 5.78 Å². The van der Waals surface area contributed by atoms with Gasteiger partial charge in [-0.05, 0) is 22.5 Å². The van der Waals surface area contributed by atoms with Crippen molar-refractivity contribution >= 4 is 17.1 Å². The Morgan fingerprint density at radius 1 is 1.30 bits per heavy atom. The lowest BCUT2D eigenvalue weighted by molar-refractivity contribution is 0.0994. The van der Waals surface area contributed by atoms with E-state index in [1.165, 1.54) is 0 Å². The maximum Gasteiger partial charge on any atom is 0.168 e. The molecule has 0 N–H and O–H groups in total. The molecule has 0 bridgehead atoms. The van der Waals surface area contributed by atoms with Gasteiger partial charge in [0.15, 0.2) is 5.78 Å². The number of hydrogen-bond donors (Lipinski definition) is 0. The second-order valence-electron chi connectivity index (χ2n) is 5.01. The second kappa shape index (κ2) is 5.90. The van der Waals surface area contributed by atoms with Gasteiger partial charge in [0.05, 0.1) is 5.54 Å². The van der Waals surface area contributed by atoms with Gasteiger partial charge in [-0.15, -0.1) is 11.3 Å². The number of nitrogens with zero attached hydrogens (tertiary/aromatic N) is 3. The maximum atomic E-state index is 12.1. The summed E-state index contributed by atoms with van der Waals surface area (Å²) in [5.41, 5.74) is 9.52. The van der Waals surface area contributed by atoms with Crippen LogP contribution in [-0.2, 0) is 12.0 Å². The molecule has 102 valence electrons. The summed E-state index contributed by atoms with van der Waals surface area (Å²) in [4.78, 5) is 16.0. The average molecular weight is 285 g/mol. The predicted octanol–water partition coefficient (Wildman–Crippen LogP) is 4.72. The molecule has 0 radical (unpaired) electrons. The molecule has 0 fully saturated rings. The molecule has 1 heterocycles. The number of thiophene rings is 1. The third kappa shape index (κ3) is 3.26. The summed E-state index contributed by atoms with van der Waals surface area (Å²) in [5.74, 6) is 0.0978. The van der Waals surface area contributed by atoms with Crippen LogP contribution in [0.5, 0.6) is 0 Å². The van der Waals surface area contributed by atoms with Crippen molar-refractivity contribution in [2.75, 3.05) is 0 Å². The van der Waals surface area contributed by atoms with Crippen molar-refractivity contribution in [3.05, 3.63) is 68.2 Å². The summed E-state index contributed by atoms with van der Waals surface area (Å²) in [5, 5.41) is 5.73. The van der Waals surface area contributed by atoms with Crippen molar-refractivity contribution in [3.63, 3.8) is 0 Å². The van der Waals surface area contributed by atoms with E-state index in [-0.39, 0.29) is 5.78 Å². The number of hydrogen-bond acceptors (Lipinski definition) is 3. The van der Waals surface area contributed by atoms with E-state index in [4.69, 9.17) is 5.53 Å². The standard InChI is InChI=1S/C15H15N3OS/c1-15(2,17-18-16)12-7-5-11(6-8-12)14(19)10-13-4-3-9-20-13/h3-9H,10H2,1-2H3. The van der Waals surface area contributed by atoms with Crippen LogP contribution in [0.3, 0.4) is 0 Å². The number of rotatable bonds is 5. The molecule has 0 aliphatic rings. The first-order valence-corrected chi connectivity index (χ1v) is 7.13. The van der Waals surface area contributed by atoms with E-state index in [1.54, 1.807) is 23.5 Å². The molecule has 4 nitrogen and oxygen atoms in total. The fraction of sp³-hybridized carbons (Fsp3) is 0.267. The lowest BCUT2D eigenvalue weighted by atomic mass is 9.93. The summed E-state index contributed by atoms with van der Waals surface area (Å²) >= 11 is 1.58. The van der Waals surface area contributed by atoms with Crippen molar-refractivity contribution < 1.29 is 4.79 Å². The fourth-order valence-electron chi connectivity index (χ4n) is 1.91. The van der Waals surface area contributed by atoms with Gasteiger partial charge in [0.1, 0.15) is 0 Å². The molecule has 2 rings (SSSR count). The first-order valence-electron chi connectivity index (χ1n) is 6.25. The van der Waals surface area contributed by atoms with Gasteiger partial charge in [-0.25, -0.2) is 0 Å². The molecule has 0 aliphatic carbocycles. The van der Waals surface area contributed by atoms with E-state index in [0.717, 1.165) is 10.4 Å². The lowest BCUT2D eigenvalue weighted by Gasteiger charge is -2.18. The number of ketones is 1. The highest BCUT2D eigenvalue weighted by atomic mass is 32.1. The van der Waals surface area contributed by atoms with Gasteiger partial charge in [-0.1, -0.05) is 49.3 Å². The van der Waals surface area contributed by atoms with Crippen LogP contribution >= 0.6 is 11.3 Å². The van der Waals surface area contributed by atoms with Gasteiger partial charge in [-0.2, -0.15) is 0 Å². The minimum Gasteiger partial charge on any atom is -0.294 e. The Hall–Kier alpha value is -2.10. The molecule has 0 saturated heterocycles. The van der Waals surface area contributed by atoms with Gasteiger partial charge in [0, 0.05) is 21.8 Å². The van der Waals surface area contributed by atoms with Crippen molar-refractivity contribution in [3.8, 4) is 0 Å². The molecule has 1 aromatic carbocycles. The maximum absolute atomic E-state index is 12.1. The molecule has 0 saturated carbocycles. The van der Waals surface area contributed by atoms with Crippen LogP contribution in [0.1, 0.15) is 34.6 Å². The molecule has 1 aromatic heterocycles. The van der Waals surface area contributed by atoms with Gasteiger partial charge in [0.25, 0.3) is 0 Å². The topological polar surface area (TPSA) is 65.8 Å². The highest BCUT2D eigenvalue weighted by molar-refractivity contribution is 7.10. The van der Waals surface area contributed by atoms with E-state index < -0.39 is 5.54 Å². The third-order valence-electron chi connectivity index (χ3n) is 3.12. The summed E-state index contributed by atoms with van der Waals surface area (Å²) in [7, 11) is 0. The van der Waals surface area contributed by atoms with Crippen molar-refractivity contribution in [1.29, 1.82) is 0 Å². The average Bonchev–Trinajstić information content (AvgIpc) is 2.91. The largest absolute Gasteiger partial charge is 0.294 e. The number of carbonyl (C=O) groups excluding carboxylic acids is 1. The molecule has 5 heteroatoms. The number of Topliss-reactive ketones (excluding diaryl/α,β-unsaturated/α-hetero) is 1. The Kier molecular flexibility index (Phi) is 4.23. The second-order valence-corrected chi connectivity index (χ2v) is 6.04. The molecule has 0 unspecified atom stereocenters. The Bertz CT molecular complexity index is 638. The summed E-state index contributed by atoms with van der Waals surface area (Å²) < 4.78 is 0. The van der Waals surface area contributed by atoms with Crippen molar-refractivity contribution in [2.24, 2.45) is 5.11 Å². The lowest BCUT2D eigenvalue weighted by Crippen LogP contribution is -2.13. The molecule has 0 amide bonds. The molecular formula is C15H15N3OS. The Labute approximate surface area is 121 Å². The Morgan fingerprint density at radius 3 is 2.55 bits per heavy atom. The van der Waals surface area contributed by atoms with E-state index in [9.17, 15) is 4.79 Å². The fourth-order valence-corrected chi connectivity index (χ4v) is 2.61. The summed E-state index contributed by atoms with van der Waals surface area (Å²) in [6.45, 7) is 3.68. The van der Waals surface area contributed by atoms with E-state index in [1.807, 2.05) is 43.5 Å². The monoisotopic (exact) mass is 285 g/mol. The highest BCUT2D eigenvalue weighted by Crippen LogP contribution is 2.25. The van der Waals surface area contributed by atoms with Crippen molar-refractivity contribution in [1.82, 2.24) is 0 Å². The minimum absolute atomic E-state index is 0.0978. The number of azide groups is 1. The normalized spacial score (nSPS) is 10.9. The Morgan fingerprint density at radius 2 is 2.00 bits per heavy atom. The molecule has 0 atom stereocenters. The quantitative estimate of drug-likeness (QED) is 0.339. The third-order valence-corrected chi connectivity index (χ3v) is 4.00. The zero-order valence-corrected chi connectivity index (χ0v) is 12.2. The van der Waals surface area contributed by atoms with Gasteiger partial charge < -0.3 is 0 Å². The molecule has 0 aliphatic heterocycles. The highest BCUT2D eigenvalue weighted by Gasteiger charge is 2.18. The SMILES string of the molecule is CC(C)(N=[N+]=[N-])c1ccc(C(=O)Cc2cccs2)cc1. The Balaban J connectivity index is 2.16. The molecule has 20 heavy (non-hydrogen) atoms. The zero-order valence-electron chi connectivity index (χ0n) is 11.4. The zero-order chi connectivity index (χ0) is 14.6. The van der Waals surface area contributed by atoms with Crippen LogP contribution < -0.4 is 0 Å². The molecule has 2 aromatic rings.